The molecule has 0 unspecified atom stereocenters. The topological polar surface area (TPSA) is 79.5 Å². The number of halogens is 1. The van der Waals surface area contributed by atoms with Gasteiger partial charge in [-0.2, -0.15) is 9.97 Å². The number of aromatic nitrogens is 3. The van der Waals surface area contributed by atoms with Crippen LogP contribution in [0.25, 0.3) is 11.3 Å². The molecule has 0 radical (unpaired) electrons. The van der Waals surface area contributed by atoms with Gasteiger partial charge in [-0.05, 0) is 18.1 Å². The van der Waals surface area contributed by atoms with E-state index in [0.29, 0.717) is 45.7 Å². The number of nitrogens with zero attached hydrogens (tertiary/aromatic N) is 3. The minimum Gasteiger partial charge on any atom is -0.481 e. The van der Waals surface area contributed by atoms with Gasteiger partial charge in [0, 0.05) is 6.42 Å². The SMILES string of the molecule is COc1cc(OC)nc(Oc2cccc(Cl)c2-c2cnc(CC(C)C)o2)n1. The van der Waals surface area contributed by atoms with Crippen LogP contribution in [0.15, 0.2) is 34.9 Å². The number of hydrogen-bond donors (Lipinski definition) is 0. The third-order valence-electron chi connectivity index (χ3n) is 3.64. The first-order valence-electron chi connectivity index (χ1n) is 8.38. The highest BCUT2D eigenvalue weighted by molar-refractivity contribution is 6.33. The van der Waals surface area contributed by atoms with Crippen LogP contribution in [0.4, 0.5) is 0 Å². The minimum absolute atomic E-state index is 0.0663. The Morgan fingerprint density at radius 2 is 1.81 bits per heavy atom. The van der Waals surface area contributed by atoms with Crippen molar-refractivity contribution in [1.29, 1.82) is 0 Å². The maximum atomic E-state index is 6.40. The van der Waals surface area contributed by atoms with Crippen LogP contribution in [-0.2, 0) is 6.42 Å². The van der Waals surface area contributed by atoms with Gasteiger partial charge >= 0.3 is 6.01 Å². The molecule has 3 rings (SSSR count). The molecule has 0 aliphatic heterocycles. The molecule has 2 aromatic heterocycles. The molecule has 0 atom stereocenters. The lowest BCUT2D eigenvalue weighted by Gasteiger charge is -2.11. The van der Waals surface area contributed by atoms with Crippen molar-refractivity contribution >= 4 is 11.6 Å². The first-order valence-corrected chi connectivity index (χ1v) is 8.76. The van der Waals surface area contributed by atoms with Crippen molar-refractivity contribution in [1.82, 2.24) is 15.0 Å². The van der Waals surface area contributed by atoms with E-state index >= 15 is 0 Å². The molecule has 0 bridgehead atoms. The lowest BCUT2D eigenvalue weighted by atomic mass is 10.1. The van der Waals surface area contributed by atoms with Crippen LogP contribution in [0.1, 0.15) is 19.7 Å². The normalized spacial score (nSPS) is 10.9. The van der Waals surface area contributed by atoms with Crippen molar-refractivity contribution in [2.75, 3.05) is 14.2 Å². The zero-order valence-electron chi connectivity index (χ0n) is 15.5. The average Bonchev–Trinajstić information content (AvgIpc) is 3.08. The van der Waals surface area contributed by atoms with Gasteiger partial charge in [-0.15, -0.1) is 0 Å². The Morgan fingerprint density at radius 1 is 1.11 bits per heavy atom. The van der Waals surface area contributed by atoms with Crippen molar-refractivity contribution < 1.29 is 18.6 Å². The number of oxazole rings is 1. The van der Waals surface area contributed by atoms with Crippen molar-refractivity contribution in [3.63, 3.8) is 0 Å². The Morgan fingerprint density at radius 3 is 2.44 bits per heavy atom. The molecular formula is C19H20ClN3O4. The fourth-order valence-electron chi connectivity index (χ4n) is 2.43. The molecule has 0 amide bonds. The Kier molecular flexibility index (Phi) is 5.81. The first kappa shape index (κ1) is 19.0. The maximum absolute atomic E-state index is 6.40. The van der Waals surface area contributed by atoms with E-state index in [1.165, 1.54) is 14.2 Å². The number of hydrogen-bond acceptors (Lipinski definition) is 7. The minimum atomic E-state index is 0.0663. The van der Waals surface area contributed by atoms with Gasteiger partial charge in [-0.1, -0.05) is 31.5 Å². The number of benzene rings is 1. The Hall–Kier alpha value is -2.80. The quantitative estimate of drug-likeness (QED) is 0.574. The smallest absolute Gasteiger partial charge is 0.328 e. The Labute approximate surface area is 162 Å². The standard InChI is InChI=1S/C19H20ClN3O4/c1-11(2)8-15-21-10-14(26-15)18-12(20)6-5-7-13(18)27-19-22-16(24-3)9-17(23-19)25-4/h5-7,9-11H,8H2,1-4H3. The molecule has 142 valence electrons. The zero-order chi connectivity index (χ0) is 19.4. The van der Waals surface area contributed by atoms with E-state index in [-0.39, 0.29) is 6.01 Å². The fraction of sp³-hybridized carbons (Fsp3) is 0.316. The molecule has 27 heavy (non-hydrogen) atoms. The van der Waals surface area contributed by atoms with Crippen LogP contribution in [0, 0.1) is 5.92 Å². The van der Waals surface area contributed by atoms with Gasteiger partial charge in [-0.3, -0.25) is 0 Å². The van der Waals surface area contributed by atoms with E-state index in [1.807, 2.05) is 0 Å². The second-order valence-electron chi connectivity index (χ2n) is 6.17. The number of ether oxygens (including phenoxy) is 3. The molecule has 0 aliphatic carbocycles. The van der Waals surface area contributed by atoms with E-state index in [4.69, 9.17) is 30.2 Å². The fourth-order valence-corrected chi connectivity index (χ4v) is 2.69. The summed E-state index contributed by atoms with van der Waals surface area (Å²) in [4.78, 5) is 12.7. The van der Waals surface area contributed by atoms with Crippen molar-refractivity contribution in [2.45, 2.75) is 20.3 Å². The van der Waals surface area contributed by atoms with Crippen LogP contribution < -0.4 is 14.2 Å². The van der Waals surface area contributed by atoms with Gasteiger partial charge in [0.15, 0.2) is 11.7 Å². The second kappa shape index (κ2) is 8.26. The summed E-state index contributed by atoms with van der Waals surface area (Å²) in [7, 11) is 3.00. The van der Waals surface area contributed by atoms with Gasteiger partial charge in [0.2, 0.25) is 11.8 Å². The molecule has 0 fully saturated rings. The van der Waals surface area contributed by atoms with E-state index in [9.17, 15) is 0 Å². The monoisotopic (exact) mass is 389 g/mol. The predicted octanol–water partition coefficient (Wildman–Crippen LogP) is 4.79. The third kappa shape index (κ3) is 4.49. The lowest BCUT2D eigenvalue weighted by molar-refractivity contribution is 0.348. The van der Waals surface area contributed by atoms with Gasteiger partial charge < -0.3 is 18.6 Å². The predicted molar refractivity (Wildman–Crippen MR) is 101 cm³/mol. The molecule has 1 aromatic carbocycles. The Bertz CT molecular complexity index is 905. The zero-order valence-corrected chi connectivity index (χ0v) is 16.3. The summed E-state index contributed by atoms with van der Waals surface area (Å²) in [5.74, 6) is 2.66. The van der Waals surface area contributed by atoms with E-state index in [0.717, 1.165) is 6.42 Å². The summed E-state index contributed by atoms with van der Waals surface area (Å²) in [5.41, 5.74) is 0.576. The number of rotatable bonds is 7. The number of methoxy groups -OCH3 is 2. The van der Waals surface area contributed by atoms with Crippen molar-refractivity contribution in [3.8, 4) is 34.8 Å². The largest absolute Gasteiger partial charge is 0.481 e. The van der Waals surface area contributed by atoms with Gasteiger partial charge in [0.1, 0.15) is 5.75 Å². The maximum Gasteiger partial charge on any atom is 0.328 e. The van der Waals surface area contributed by atoms with Crippen molar-refractivity contribution in [3.05, 3.63) is 41.4 Å². The molecule has 3 aromatic rings. The van der Waals surface area contributed by atoms with Gasteiger partial charge in [-0.25, -0.2) is 4.98 Å². The summed E-state index contributed by atoms with van der Waals surface area (Å²) in [6, 6.07) is 6.89. The molecule has 8 heteroatoms. The summed E-state index contributed by atoms with van der Waals surface area (Å²) in [6.45, 7) is 4.20. The molecule has 0 aliphatic rings. The van der Waals surface area contributed by atoms with Gasteiger partial charge in [0.25, 0.3) is 0 Å². The molecule has 7 nitrogen and oxygen atoms in total. The summed E-state index contributed by atoms with van der Waals surface area (Å²) < 4.78 is 22.0. The summed E-state index contributed by atoms with van der Waals surface area (Å²) in [6.07, 6.45) is 2.37. The van der Waals surface area contributed by atoms with E-state index in [2.05, 4.69) is 28.8 Å². The Balaban J connectivity index is 1.98. The highest BCUT2D eigenvalue weighted by Crippen LogP contribution is 2.39. The molecule has 0 saturated heterocycles. The van der Waals surface area contributed by atoms with Crippen LogP contribution >= 0.6 is 11.6 Å². The molecule has 0 saturated carbocycles. The molecular weight excluding hydrogens is 370 g/mol. The van der Waals surface area contributed by atoms with Crippen LogP contribution in [-0.4, -0.2) is 29.2 Å². The summed E-state index contributed by atoms with van der Waals surface area (Å²) >= 11 is 6.40. The lowest BCUT2D eigenvalue weighted by Crippen LogP contribution is -1.98. The molecule has 0 N–H and O–H groups in total. The van der Waals surface area contributed by atoms with Crippen molar-refractivity contribution in [2.24, 2.45) is 5.92 Å². The first-order chi connectivity index (χ1) is 13.0. The van der Waals surface area contributed by atoms with Gasteiger partial charge in [0.05, 0.1) is 37.1 Å². The third-order valence-corrected chi connectivity index (χ3v) is 3.95. The van der Waals surface area contributed by atoms with Crippen LogP contribution in [0.3, 0.4) is 0 Å². The van der Waals surface area contributed by atoms with E-state index < -0.39 is 0 Å². The average molecular weight is 390 g/mol. The van der Waals surface area contributed by atoms with Crippen LogP contribution in [0.2, 0.25) is 5.02 Å². The molecule has 2 heterocycles. The summed E-state index contributed by atoms with van der Waals surface area (Å²) in [5, 5.41) is 0.467. The highest BCUT2D eigenvalue weighted by atomic mass is 35.5. The highest BCUT2D eigenvalue weighted by Gasteiger charge is 2.18. The molecule has 0 spiro atoms. The second-order valence-corrected chi connectivity index (χ2v) is 6.57. The van der Waals surface area contributed by atoms with E-state index in [1.54, 1.807) is 30.5 Å². The van der Waals surface area contributed by atoms with Crippen LogP contribution in [0.5, 0.6) is 23.5 Å².